The molecule has 0 fully saturated rings. The van der Waals surface area contributed by atoms with Gasteiger partial charge in [-0.2, -0.15) is 4.98 Å². The Morgan fingerprint density at radius 3 is 2.92 bits per heavy atom. The minimum Gasteiger partial charge on any atom is -0.492 e. The molecule has 0 unspecified atom stereocenters. The first-order valence-corrected chi connectivity index (χ1v) is 8.74. The number of ether oxygens (including phenoxy) is 1. The second-order valence-electron chi connectivity index (χ2n) is 5.30. The summed E-state index contributed by atoms with van der Waals surface area (Å²) in [5.74, 6) is 0.827. The molecule has 0 spiro atoms. The van der Waals surface area contributed by atoms with Crippen LogP contribution >= 0.6 is 22.9 Å². The number of para-hydroxylation sites is 1. The Morgan fingerprint density at radius 1 is 1.38 bits per heavy atom. The number of aryl methyl sites for hydroxylation is 2. The summed E-state index contributed by atoms with van der Waals surface area (Å²) in [6.07, 6.45) is 0.909. The number of benzene rings is 1. The van der Waals surface area contributed by atoms with Gasteiger partial charge >= 0.3 is 0 Å². The van der Waals surface area contributed by atoms with Crippen molar-refractivity contribution in [2.45, 2.75) is 26.7 Å². The maximum absolute atomic E-state index is 12.0. The number of halogens is 1. The molecule has 3 aromatic rings. The Kier molecular flexibility index (Phi) is 5.01. The van der Waals surface area contributed by atoms with Crippen molar-refractivity contribution in [2.75, 3.05) is 11.9 Å². The highest BCUT2D eigenvalue weighted by atomic mass is 35.5. The highest BCUT2D eigenvalue weighted by molar-refractivity contribution is 7.17. The zero-order valence-electron chi connectivity index (χ0n) is 13.4. The van der Waals surface area contributed by atoms with Crippen molar-refractivity contribution in [3.63, 3.8) is 0 Å². The number of aromatic nitrogens is 3. The molecular formula is C16H17ClN4O2S. The average Bonchev–Trinajstić information content (AvgIpc) is 3.05. The van der Waals surface area contributed by atoms with Crippen LogP contribution in [-0.2, 0) is 4.79 Å². The number of carbonyl (C=O) groups excluding carboxylic acids is 1. The van der Waals surface area contributed by atoms with Crippen molar-refractivity contribution in [1.82, 2.24) is 14.6 Å². The van der Waals surface area contributed by atoms with E-state index in [1.54, 1.807) is 28.0 Å². The SMILES string of the molecule is Cc1sc2nc(NC(=O)CCCOc3ccccc3Cl)nn2c1C. The number of amides is 1. The molecule has 2 heterocycles. The standard InChI is InChI=1S/C16H17ClN4O2S/c1-10-11(2)24-16-19-15(20-21(10)16)18-14(22)8-5-9-23-13-7-4-3-6-12(13)17/h3-4,6-7H,5,8-9H2,1-2H3,(H,18,20,22). The molecule has 0 atom stereocenters. The van der Waals surface area contributed by atoms with E-state index < -0.39 is 0 Å². The first-order valence-electron chi connectivity index (χ1n) is 7.54. The minimum absolute atomic E-state index is 0.134. The van der Waals surface area contributed by atoms with Crippen LogP contribution in [0.3, 0.4) is 0 Å². The van der Waals surface area contributed by atoms with Crippen LogP contribution in [0.1, 0.15) is 23.4 Å². The number of fused-ring (bicyclic) bond motifs is 1. The molecule has 1 amide bonds. The molecule has 0 aliphatic carbocycles. The summed E-state index contributed by atoms with van der Waals surface area (Å²) in [4.78, 5) is 18.2. The first-order chi connectivity index (χ1) is 11.5. The zero-order chi connectivity index (χ0) is 17.1. The van der Waals surface area contributed by atoms with Gasteiger partial charge in [0.05, 0.1) is 17.3 Å². The molecule has 126 valence electrons. The third-order valence-corrected chi connectivity index (χ3v) is 4.90. The van der Waals surface area contributed by atoms with E-state index in [-0.39, 0.29) is 5.91 Å². The van der Waals surface area contributed by atoms with Crippen molar-refractivity contribution in [1.29, 1.82) is 0 Å². The number of hydrogen-bond acceptors (Lipinski definition) is 5. The summed E-state index contributed by atoms with van der Waals surface area (Å²) in [6, 6.07) is 7.26. The van der Waals surface area contributed by atoms with E-state index in [9.17, 15) is 4.79 Å². The fourth-order valence-electron chi connectivity index (χ4n) is 2.16. The van der Waals surface area contributed by atoms with Gasteiger partial charge in [-0.15, -0.1) is 5.10 Å². The van der Waals surface area contributed by atoms with E-state index in [0.717, 1.165) is 10.7 Å². The van der Waals surface area contributed by atoms with Crippen LogP contribution in [-0.4, -0.2) is 27.1 Å². The maximum Gasteiger partial charge on any atom is 0.250 e. The Hall–Kier alpha value is -2.12. The Morgan fingerprint density at radius 2 is 2.17 bits per heavy atom. The summed E-state index contributed by atoms with van der Waals surface area (Å²) in [7, 11) is 0. The van der Waals surface area contributed by atoms with Crippen LogP contribution in [0.5, 0.6) is 5.75 Å². The monoisotopic (exact) mass is 364 g/mol. The molecule has 1 aromatic carbocycles. The Bertz CT molecular complexity index is 874. The number of anilines is 1. The highest BCUT2D eigenvalue weighted by Crippen LogP contribution is 2.23. The van der Waals surface area contributed by atoms with Gasteiger partial charge in [-0.05, 0) is 32.4 Å². The lowest BCUT2D eigenvalue weighted by atomic mass is 10.3. The third-order valence-electron chi connectivity index (χ3n) is 3.54. The zero-order valence-corrected chi connectivity index (χ0v) is 14.9. The van der Waals surface area contributed by atoms with Crippen LogP contribution in [0, 0.1) is 13.8 Å². The largest absolute Gasteiger partial charge is 0.492 e. The van der Waals surface area contributed by atoms with Crippen molar-refractivity contribution in [2.24, 2.45) is 0 Å². The van der Waals surface area contributed by atoms with Gasteiger partial charge in [0.25, 0.3) is 0 Å². The highest BCUT2D eigenvalue weighted by Gasteiger charge is 2.12. The van der Waals surface area contributed by atoms with Gasteiger partial charge in [0.2, 0.25) is 16.8 Å². The van der Waals surface area contributed by atoms with E-state index in [1.165, 1.54) is 4.88 Å². The number of carbonyl (C=O) groups is 1. The van der Waals surface area contributed by atoms with Gasteiger partial charge < -0.3 is 4.74 Å². The van der Waals surface area contributed by atoms with Crippen molar-refractivity contribution < 1.29 is 9.53 Å². The van der Waals surface area contributed by atoms with Crippen LogP contribution in [0.15, 0.2) is 24.3 Å². The first kappa shape index (κ1) is 16.7. The molecule has 24 heavy (non-hydrogen) atoms. The van der Waals surface area contributed by atoms with E-state index in [2.05, 4.69) is 15.4 Å². The van der Waals surface area contributed by atoms with E-state index in [0.29, 0.717) is 36.2 Å². The number of hydrogen-bond donors (Lipinski definition) is 1. The van der Waals surface area contributed by atoms with Crippen LogP contribution < -0.4 is 10.1 Å². The van der Waals surface area contributed by atoms with Crippen LogP contribution in [0.4, 0.5) is 5.95 Å². The molecule has 0 aliphatic heterocycles. The number of nitrogens with one attached hydrogen (secondary N) is 1. The number of nitrogens with zero attached hydrogens (tertiary/aromatic N) is 3. The molecule has 6 nitrogen and oxygen atoms in total. The van der Waals surface area contributed by atoms with Gasteiger partial charge in [-0.1, -0.05) is 35.1 Å². The lowest BCUT2D eigenvalue weighted by Crippen LogP contribution is -2.14. The molecule has 8 heteroatoms. The summed E-state index contributed by atoms with van der Waals surface area (Å²) in [6.45, 7) is 4.42. The van der Waals surface area contributed by atoms with Gasteiger partial charge in [-0.3, -0.25) is 10.1 Å². The van der Waals surface area contributed by atoms with Crippen molar-refractivity contribution in [3.05, 3.63) is 39.9 Å². The molecule has 0 radical (unpaired) electrons. The third kappa shape index (κ3) is 3.68. The van der Waals surface area contributed by atoms with Gasteiger partial charge in [-0.25, -0.2) is 4.52 Å². The smallest absolute Gasteiger partial charge is 0.250 e. The lowest BCUT2D eigenvalue weighted by Gasteiger charge is -2.07. The van der Waals surface area contributed by atoms with Gasteiger partial charge in [0.15, 0.2) is 0 Å². The summed E-state index contributed by atoms with van der Waals surface area (Å²) in [5, 5.41) is 7.58. The molecule has 0 aliphatic rings. The molecule has 0 saturated heterocycles. The average molecular weight is 365 g/mol. The maximum atomic E-state index is 12.0. The molecule has 0 bridgehead atoms. The van der Waals surface area contributed by atoms with Crippen molar-refractivity contribution in [3.8, 4) is 5.75 Å². The predicted molar refractivity (Wildman–Crippen MR) is 95.1 cm³/mol. The summed E-state index contributed by atoms with van der Waals surface area (Å²) in [5.41, 5.74) is 1.04. The van der Waals surface area contributed by atoms with E-state index in [1.807, 2.05) is 26.0 Å². The van der Waals surface area contributed by atoms with Gasteiger partial charge in [0.1, 0.15) is 5.75 Å². The van der Waals surface area contributed by atoms with Crippen molar-refractivity contribution >= 4 is 39.8 Å². The van der Waals surface area contributed by atoms with Crippen LogP contribution in [0.2, 0.25) is 5.02 Å². The second kappa shape index (κ2) is 7.19. The number of thiazole rings is 1. The molecule has 3 rings (SSSR count). The van der Waals surface area contributed by atoms with E-state index in [4.69, 9.17) is 16.3 Å². The minimum atomic E-state index is -0.134. The lowest BCUT2D eigenvalue weighted by molar-refractivity contribution is -0.116. The fraction of sp³-hybridized carbons (Fsp3) is 0.312. The number of rotatable bonds is 6. The molecule has 0 saturated carbocycles. The normalized spacial score (nSPS) is 11.0. The van der Waals surface area contributed by atoms with E-state index >= 15 is 0 Å². The molecule has 2 aromatic heterocycles. The predicted octanol–water partition coefficient (Wildman–Crippen LogP) is 3.86. The fourth-order valence-corrected chi connectivity index (χ4v) is 3.25. The second-order valence-corrected chi connectivity index (χ2v) is 6.89. The Labute approximate surface area is 148 Å². The van der Waals surface area contributed by atoms with Crippen LogP contribution in [0.25, 0.3) is 4.96 Å². The quantitative estimate of drug-likeness (QED) is 0.674. The molecular weight excluding hydrogens is 348 g/mol. The molecule has 1 N–H and O–H groups in total. The topological polar surface area (TPSA) is 68.5 Å². The van der Waals surface area contributed by atoms with Gasteiger partial charge in [0, 0.05) is 11.3 Å². The summed E-state index contributed by atoms with van der Waals surface area (Å²) >= 11 is 7.56. The summed E-state index contributed by atoms with van der Waals surface area (Å²) < 4.78 is 7.30. The Balaban J connectivity index is 1.47.